The molecule has 0 amide bonds. The van der Waals surface area contributed by atoms with Gasteiger partial charge in [0.15, 0.2) is 0 Å². The van der Waals surface area contributed by atoms with Gasteiger partial charge in [0.25, 0.3) is 0 Å². The second kappa shape index (κ2) is 5.44. The maximum absolute atomic E-state index is 9.89. The van der Waals surface area contributed by atoms with Crippen LogP contribution in [0.15, 0.2) is 40.9 Å². The van der Waals surface area contributed by atoms with Crippen LogP contribution in [0.2, 0.25) is 0 Å². The van der Waals surface area contributed by atoms with Gasteiger partial charge in [-0.3, -0.25) is 0 Å². The molecule has 18 heavy (non-hydrogen) atoms. The first-order valence-corrected chi connectivity index (χ1v) is 6.64. The number of nitrogens with one attached hydrogen (secondary N) is 1. The van der Waals surface area contributed by atoms with E-state index in [9.17, 15) is 5.11 Å². The molecule has 2 nitrogen and oxygen atoms in total. The molecule has 0 aliphatic rings. The largest absolute Gasteiger partial charge is 0.506 e. The summed E-state index contributed by atoms with van der Waals surface area (Å²) in [5.41, 5.74) is 4.49. The molecule has 0 unspecified atom stereocenters. The highest BCUT2D eigenvalue weighted by Crippen LogP contribution is 2.28. The van der Waals surface area contributed by atoms with Crippen molar-refractivity contribution in [1.82, 2.24) is 0 Å². The topological polar surface area (TPSA) is 32.3 Å². The zero-order chi connectivity index (χ0) is 13.1. The van der Waals surface area contributed by atoms with Crippen molar-refractivity contribution in [3.63, 3.8) is 0 Å². The maximum atomic E-state index is 9.89. The van der Waals surface area contributed by atoms with Gasteiger partial charge in [0.05, 0.1) is 4.47 Å². The number of benzene rings is 2. The second-order valence-corrected chi connectivity index (χ2v) is 5.25. The third-order valence-electron chi connectivity index (χ3n) is 3.06. The van der Waals surface area contributed by atoms with Crippen molar-refractivity contribution < 1.29 is 5.11 Å². The van der Waals surface area contributed by atoms with Gasteiger partial charge in [0.2, 0.25) is 0 Å². The fourth-order valence-electron chi connectivity index (χ4n) is 1.75. The smallest absolute Gasteiger partial charge is 0.134 e. The average molecular weight is 306 g/mol. The van der Waals surface area contributed by atoms with Crippen molar-refractivity contribution in [3.05, 3.63) is 57.6 Å². The number of hydrogen-bond acceptors (Lipinski definition) is 2. The molecule has 0 saturated heterocycles. The molecular weight excluding hydrogens is 290 g/mol. The van der Waals surface area contributed by atoms with E-state index in [2.05, 4.69) is 53.3 Å². The summed E-state index contributed by atoms with van der Waals surface area (Å²) < 4.78 is 0.724. The van der Waals surface area contributed by atoms with Crippen molar-refractivity contribution in [1.29, 1.82) is 0 Å². The number of aromatic hydroxyl groups is 1. The van der Waals surface area contributed by atoms with E-state index in [0.717, 1.165) is 15.7 Å². The number of aryl methyl sites for hydroxylation is 2. The van der Waals surface area contributed by atoms with Crippen LogP contribution < -0.4 is 5.32 Å². The van der Waals surface area contributed by atoms with E-state index in [0.29, 0.717) is 12.3 Å². The van der Waals surface area contributed by atoms with Crippen LogP contribution in [0.3, 0.4) is 0 Å². The van der Waals surface area contributed by atoms with Crippen molar-refractivity contribution in [3.8, 4) is 5.75 Å². The van der Waals surface area contributed by atoms with E-state index in [4.69, 9.17) is 0 Å². The van der Waals surface area contributed by atoms with Crippen molar-refractivity contribution in [2.24, 2.45) is 0 Å². The minimum atomic E-state index is 0.300. The Bertz CT molecular complexity index is 566. The Balaban J connectivity index is 2.11. The van der Waals surface area contributed by atoms with E-state index < -0.39 is 0 Å². The van der Waals surface area contributed by atoms with E-state index in [1.807, 2.05) is 18.2 Å². The quantitative estimate of drug-likeness (QED) is 0.882. The molecule has 0 aromatic heterocycles. The number of anilines is 1. The van der Waals surface area contributed by atoms with Gasteiger partial charge in [-0.25, -0.2) is 0 Å². The van der Waals surface area contributed by atoms with Gasteiger partial charge in [-0.05, 0) is 59.1 Å². The summed E-state index contributed by atoms with van der Waals surface area (Å²) in [4.78, 5) is 0. The van der Waals surface area contributed by atoms with Crippen LogP contribution in [0.1, 0.15) is 16.7 Å². The first kappa shape index (κ1) is 13.0. The molecule has 94 valence electrons. The fourth-order valence-corrected chi connectivity index (χ4v) is 2.16. The molecule has 0 heterocycles. The van der Waals surface area contributed by atoms with Crippen LogP contribution in [0.25, 0.3) is 0 Å². The summed E-state index contributed by atoms with van der Waals surface area (Å²) in [6.45, 7) is 4.80. The molecule has 2 aromatic carbocycles. The first-order valence-electron chi connectivity index (χ1n) is 5.85. The molecule has 2 rings (SSSR count). The Hall–Kier alpha value is -1.48. The Kier molecular flexibility index (Phi) is 3.92. The summed E-state index contributed by atoms with van der Waals surface area (Å²) >= 11 is 3.32. The van der Waals surface area contributed by atoms with Gasteiger partial charge < -0.3 is 10.4 Å². The highest BCUT2D eigenvalue weighted by molar-refractivity contribution is 9.10. The second-order valence-electron chi connectivity index (χ2n) is 4.40. The summed E-state index contributed by atoms with van der Waals surface area (Å²) in [5, 5.41) is 13.2. The normalized spacial score (nSPS) is 10.4. The van der Waals surface area contributed by atoms with Gasteiger partial charge in [-0.2, -0.15) is 0 Å². The zero-order valence-electron chi connectivity index (χ0n) is 10.5. The third-order valence-corrected chi connectivity index (χ3v) is 3.70. The van der Waals surface area contributed by atoms with Crippen molar-refractivity contribution in [2.75, 3.05) is 5.32 Å². The van der Waals surface area contributed by atoms with Crippen LogP contribution in [-0.2, 0) is 6.54 Å². The summed E-state index contributed by atoms with van der Waals surface area (Å²) in [6.07, 6.45) is 0. The third kappa shape index (κ3) is 2.85. The highest BCUT2D eigenvalue weighted by atomic mass is 79.9. The van der Waals surface area contributed by atoms with Gasteiger partial charge in [-0.1, -0.05) is 18.2 Å². The summed E-state index contributed by atoms with van der Waals surface area (Å²) in [5.74, 6) is 0.300. The van der Waals surface area contributed by atoms with E-state index >= 15 is 0 Å². The van der Waals surface area contributed by atoms with Gasteiger partial charge in [0, 0.05) is 17.8 Å². The Morgan fingerprint density at radius 3 is 2.61 bits per heavy atom. The molecule has 0 aliphatic carbocycles. The molecule has 0 atom stereocenters. The van der Waals surface area contributed by atoms with Gasteiger partial charge >= 0.3 is 0 Å². The SMILES string of the molecule is Cc1ccc(NCc2cccc(Br)c2O)cc1C. The predicted molar refractivity (Wildman–Crippen MR) is 79.0 cm³/mol. The monoisotopic (exact) mass is 305 g/mol. The molecule has 0 radical (unpaired) electrons. The van der Waals surface area contributed by atoms with E-state index in [1.54, 1.807) is 0 Å². The lowest BCUT2D eigenvalue weighted by Crippen LogP contribution is -2.00. The van der Waals surface area contributed by atoms with Crippen molar-refractivity contribution >= 4 is 21.6 Å². The molecular formula is C15H16BrNO. The molecule has 0 saturated carbocycles. The summed E-state index contributed by atoms with van der Waals surface area (Å²) in [6, 6.07) is 11.9. The van der Waals surface area contributed by atoms with Crippen LogP contribution in [-0.4, -0.2) is 5.11 Å². The number of para-hydroxylation sites is 1. The van der Waals surface area contributed by atoms with Crippen LogP contribution in [0, 0.1) is 13.8 Å². The number of halogens is 1. The van der Waals surface area contributed by atoms with E-state index in [-0.39, 0.29) is 0 Å². The molecule has 3 heteroatoms. The molecule has 0 fully saturated rings. The summed E-state index contributed by atoms with van der Waals surface area (Å²) in [7, 11) is 0. The number of hydrogen-bond donors (Lipinski definition) is 2. The number of phenolic OH excluding ortho intramolecular Hbond substituents is 1. The van der Waals surface area contributed by atoms with E-state index in [1.165, 1.54) is 11.1 Å². The molecule has 0 bridgehead atoms. The van der Waals surface area contributed by atoms with Crippen LogP contribution in [0.4, 0.5) is 5.69 Å². The zero-order valence-corrected chi connectivity index (χ0v) is 12.1. The maximum Gasteiger partial charge on any atom is 0.134 e. The minimum Gasteiger partial charge on any atom is -0.506 e. The minimum absolute atomic E-state index is 0.300. The molecule has 2 aromatic rings. The standard InChI is InChI=1S/C15H16BrNO/c1-10-6-7-13(8-11(10)2)17-9-12-4-3-5-14(16)15(12)18/h3-8,17-18H,9H2,1-2H3. The lowest BCUT2D eigenvalue weighted by molar-refractivity contribution is 0.465. The lowest BCUT2D eigenvalue weighted by atomic mass is 10.1. The van der Waals surface area contributed by atoms with Crippen LogP contribution in [0.5, 0.6) is 5.75 Å². The highest BCUT2D eigenvalue weighted by Gasteiger charge is 2.04. The fraction of sp³-hybridized carbons (Fsp3) is 0.200. The molecule has 0 aliphatic heterocycles. The number of rotatable bonds is 3. The van der Waals surface area contributed by atoms with Gasteiger partial charge in [0.1, 0.15) is 5.75 Å². The van der Waals surface area contributed by atoms with Gasteiger partial charge in [-0.15, -0.1) is 0 Å². The lowest BCUT2D eigenvalue weighted by Gasteiger charge is -2.10. The first-order chi connectivity index (χ1) is 8.58. The Morgan fingerprint density at radius 2 is 1.89 bits per heavy atom. The number of phenols is 1. The molecule has 2 N–H and O–H groups in total. The molecule has 0 spiro atoms. The predicted octanol–water partition coefficient (Wildman–Crippen LogP) is 4.38. The average Bonchev–Trinajstić information content (AvgIpc) is 2.35. The Morgan fingerprint density at radius 1 is 1.11 bits per heavy atom. The Labute approximate surface area is 116 Å². The van der Waals surface area contributed by atoms with Crippen LogP contribution >= 0.6 is 15.9 Å². The van der Waals surface area contributed by atoms with Crippen molar-refractivity contribution in [2.45, 2.75) is 20.4 Å².